The van der Waals surface area contributed by atoms with Crippen molar-refractivity contribution in [2.24, 2.45) is 0 Å². The molecule has 1 fully saturated rings. The molecular formula is C17H19ClN4O2. The molecular weight excluding hydrogens is 328 g/mol. The summed E-state index contributed by atoms with van der Waals surface area (Å²) in [4.78, 5) is 16.2. The maximum Gasteiger partial charge on any atom is 0.255 e. The molecule has 2 heterocycles. The molecule has 6 nitrogen and oxygen atoms in total. The van der Waals surface area contributed by atoms with Crippen molar-refractivity contribution >= 4 is 23.3 Å². The molecule has 0 radical (unpaired) electrons. The summed E-state index contributed by atoms with van der Waals surface area (Å²) in [5.74, 6) is 1.17. The Morgan fingerprint density at radius 3 is 2.71 bits per heavy atom. The van der Waals surface area contributed by atoms with E-state index in [9.17, 15) is 4.79 Å². The van der Waals surface area contributed by atoms with Crippen LogP contribution in [0, 0.1) is 0 Å². The summed E-state index contributed by atoms with van der Waals surface area (Å²) >= 11 is 6.10. The van der Waals surface area contributed by atoms with Crippen LogP contribution in [0.25, 0.3) is 0 Å². The molecule has 1 aromatic heterocycles. The molecule has 1 atom stereocenters. The Morgan fingerprint density at radius 1 is 1.25 bits per heavy atom. The summed E-state index contributed by atoms with van der Waals surface area (Å²) in [6.07, 6.45) is 0.670. The minimum Gasteiger partial charge on any atom is -0.471 e. The molecule has 1 saturated heterocycles. The van der Waals surface area contributed by atoms with Crippen LogP contribution in [0.2, 0.25) is 5.02 Å². The van der Waals surface area contributed by atoms with E-state index in [1.165, 1.54) is 0 Å². The highest BCUT2D eigenvalue weighted by Gasteiger charge is 2.29. The van der Waals surface area contributed by atoms with Crippen LogP contribution in [-0.2, 0) is 0 Å². The van der Waals surface area contributed by atoms with Crippen LogP contribution in [0.4, 0.5) is 5.82 Å². The minimum absolute atomic E-state index is 0.0688. The minimum atomic E-state index is -0.0871. The third-order valence-corrected chi connectivity index (χ3v) is 4.24. The highest BCUT2D eigenvalue weighted by Crippen LogP contribution is 2.22. The SMILES string of the molecule is CN(C)c1ccc(OC2CCN(C(=O)c3ccccc3Cl)C2)nn1. The fourth-order valence-electron chi connectivity index (χ4n) is 2.60. The Balaban J connectivity index is 1.61. The molecule has 0 aliphatic carbocycles. The molecule has 1 aromatic carbocycles. The van der Waals surface area contributed by atoms with Gasteiger partial charge in [0.05, 0.1) is 17.1 Å². The van der Waals surface area contributed by atoms with Gasteiger partial charge in [-0.15, -0.1) is 10.2 Å². The van der Waals surface area contributed by atoms with Crippen LogP contribution in [0.5, 0.6) is 5.88 Å². The maximum atomic E-state index is 12.5. The topological polar surface area (TPSA) is 58.6 Å². The van der Waals surface area contributed by atoms with Gasteiger partial charge in [-0.05, 0) is 18.2 Å². The average Bonchev–Trinajstić information content (AvgIpc) is 3.04. The average molecular weight is 347 g/mol. The van der Waals surface area contributed by atoms with E-state index in [4.69, 9.17) is 16.3 Å². The number of aromatic nitrogens is 2. The molecule has 1 aliphatic rings. The fraction of sp³-hybridized carbons (Fsp3) is 0.353. The first kappa shape index (κ1) is 16.5. The van der Waals surface area contributed by atoms with E-state index in [0.29, 0.717) is 29.6 Å². The van der Waals surface area contributed by atoms with Crippen LogP contribution in [0.1, 0.15) is 16.8 Å². The number of carbonyl (C=O) groups excluding carboxylic acids is 1. The molecule has 0 spiro atoms. The maximum absolute atomic E-state index is 12.5. The Hall–Kier alpha value is -2.34. The number of halogens is 1. The summed E-state index contributed by atoms with van der Waals surface area (Å²) in [6.45, 7) is 1.15. The van der Waals surface area contributed by atoms with Gasteiger partial charge < -0.3 is 14.5 Å². The quantitative estimate of drug-likeness (QED) is 0.851. The van der Waals surface area contributed by atoms with Crippen LogP contribution in [-0.4, -0.2) is 54.3 Å². The van der Waals surface area contributed by atoms with Gasteiger partial charge in [-0.25, -0.2) is 0 Å². The predicted molar refractivity (Wildman–Crippen MR) is 92.7 cm³/mol. The number of rotatable bonds is 4. The van der Waals surface area contributed by atoms with E-state index >= 15 is 0 Å². The second-order valence-electron chi connectivity index (χ2n) is 5.88. The molecule has 1 aliphatic heterocycles. The normalized spacial score (nSPS) is 17.0. The van der Waals surface area contributed by atoms with Crippen molar-refractivity contribution in [1.82, 2.24) is 15.1 Å². The van der Waals surface area contributed by atoms with Crippen LogP contribution in [0.3, 0.4) is 0 Å². The monoisotopic (exact) mass is 346 g/mol. The zero-order valence-corrected chi connectivity index (χ0v) is 14.4. The lowest BCUT2D eigenvalue weighted by Gasteiger charge is -2.17. The molecule has 0 N–H and O–H groups in total. The zero-order valence-electron chi connectivity index (χ0n) is 13.6. The molecule has 0 bridgehead atoms. The number of nitrogens with zero attached hydrogens (tertiary/aromatic N) is 4. The van der Waals surface area contributed by atoms with Crippen LogP contribution >= 0.6 is 11.6 Å². The third kappa shape index (κ3) is 3.59. The van der Waals surface area contributed by atoms with Gasteiger partial charge in [0.15, 0.2) is 5.82 Å². The number of anilines is 1. The van der Waals surface area contributed by atoms with Gasteiger partial charge in [-0.2, -0.15) is 0 Å². The van der Waals surface area contributed by atoms with E-state index < -0.39 is 0 Å². The number of hydrogen-bond acceptors (Lipinski definition) is 5. The number of hydrogen-bond donors (Lipinski definition) is 0. The lowest BCUT2D eigenvalue weighted by Crippen LogP contribution is -2.31. The molecule has 126 valence electrons. The van der Waals surface area contributed by atoms with Crippen molar-refractivity contribution in [3.05, 3.63) is 47.0 Å². The van der Waals surface area contributed by atoms with Crippen molar-refractivity contribution in [3.8, 4) is 5.88 Å². The Bertz CT molecular complexity index is 721. The zero-order chi connectivity index (χ0) is 17.1. The number of carbonyl (C=O) groups is 1. The van der Waals surface area contributed by atoms with Crippen LogP contribution in [0.15, 0.2) is 36.4 Å². The van der Waals surface area contributed by atoms with E-state index in [0.717, 1.165) is 12.2 Å². The lowest BCUT2D eigenvalue weighted by atomic mass is 10.2. The molecule has 0 saturated carbocycles. The first-order valence-corrected chi connectivity index (χ1v) is 8.14. The summed E-state index contributed by atoms with van der Waals surface area (Å²) in [5, 5.41) is 8.62. The van der Waals surface area contributed by atoms with Crippen LogP contribution < -0.4 is 9.64 Å². The van der Waals surface area contributed by atoms with Crippen molar-refractivity contribution in [3.63, 3.8) is 0 Å². The Labute approximate surface area is 146 Å². The van der Waals surface area contributed by atoms with E-state index in [1.807, 2.05) is 37.2 Å². The van der Waals surface area contributed by atoms with E-state index in [2.05, 4.69) is 10.2 Å². The van der Waals surface area contributed by atoms with Crippen molar-refractivity contribution in [1.29, 1.82) is 0 Å². The van der Waals surface area contributed by atoms with E-state index in [1.54, 1.807) is 23.1 Å². The number of ether oxygens (including phenoxy) is 1. The molecule has 7 heteroatoms. The molecule has 1 unspecified atom stereocenters. The fourth-order valence-corrected chi connectivity index (χ4v) is 2.82. The smallest absolute Gasteiger partial charge is 0.255 e. The van der Waals surface area contributed by atoms with Gasteiger partial charge >= 0.3 is 0 Å². The molecule has 3 rings (SSSR count). The summed E-state index contributed by atoms with van der Waals surface area (Å²) in [7, 11) is 3.80. The first-order valence-electron chi connectivity index (χ1n) is 7.76. The molecule has 24 heavy (non-hydrogen) atoms. The summed E-state index contributed by atoms with van der Waals surface area (Å²) < 4.78 is 5.84. The third-order valence-electron chi connectivity index (χ3n) is 3.91. The Kier molecular flexibility index (Phi) is 4.85. The van der Waals surface area contributed by atoms with Crippen molar-refractivity contribution in [2.75, 3.05) is 32.1 Å². The highest BCUT2D eigenvalue weighted by molar-refractivity contribution is 6.33. The van der Waals surface area contributed by atoms with Crippen molar-refractivity contribution in [2.45, 2.75) is 12.5 Å². The predicted octanol–water partition coefficient (Wildman–Crippen LogP) is 2.49. The van der Waals surface area contributed by atoms with Gasteiger partial charge in [0.25, 0.3) is 5.91 Å². The standard InChI is InChI=1S/C17H19ClN4O2/c1-21(2)15-7-8-16(20-19-15)24-12-9-10-22(11-12)17(23)13-5-3-4-6-14(13)18/h3-8,12H,9-11H2,1-2H3. The molecule has 2 aromatic rings. The largest absolute Gasteiger partial charge is 0.471 e. The second kappa shape index (κ2) is 7.05. The number of amides is 1. The number of benzene rings is 1. The van der Waals surface area contributed by atoms with Gasteiger partial charge in [0, 0.05) is 33.1 Å². The second-order valence-corrected chi connectivity index (χ2v) is 6.29. The lowest BCUT2D eigenvalue weighted by molar-refractivity contribution is 0.0771. The van der Waals surface area contributed by atoms with Crippen molar-refractivity contribution < 1.29 is 9.53 Å². The Morgan fingerprint density at radius 2 is 2.04 bits per heavy atom. The first-order chi connectivity index (χ1) is 11.5. The van der Waals surface area contributed by atoms with Gasteiger partial charge in [0.2, 0.25) is 5.88 Å². The van der Waals surface area contributed by atoms with E-state index in [-0.39, 0.29) is 12.0 Å². The number of likely N-dealkylation sites (tertiary alicyclic amines) is 1. The van der Waals surface area contributed by atoms with Gasteiger partial charge in [-0.1, -0.05) is 23.7 Å². The summed E-state index contributed by atoms with van der Waals surface area (Å²) in [6, 6.07) is 10.7. The highest BCUT2D eigenvalue weighted by atomic mass is 35.5. The summed E-state index contributed by atoms with van der Waals surface area (Å²) in [5.41, 5.74) is 0.523. The van der Waals surface area contributed by atoms with Gasteiger partial charge in [-0.3, -0.25) is 4.79 Å². The molecule has 1 amide bonds. The van der Waals surface area contributed by atoms with Gasteiger partial charge in [0.1, 0.15) is 6.10 Å².